The van der Waals surface area contributed by atoms with E-state index < -0.39 is 0 Å². The molecular formula is C32H16N2S6. The van der Waals surface area contributed by atoms with E-state index in [2.05, 4.69) is 84.9 Å². The predicted octanol–water partition coefficient (Wildman–Crippen LogP) is 12.1. The van der Waals surface area contributed by atoms with Crippen LogP contribution in [0.3, 0.4) is 0 Å². The van der Waals surface area contributed by atoms with Crippen LogP contribution in [0.4, 0.5) is 0 Å². The van der Waals surface area contributed by atoms with Gasteiger partial charge in [0.05, 0.1) is 19.5 Å². The van der Waals surface area contributed by atoms with Gasteiger partial charge in [0.1, 0.15) is 10.0 Å². The maximum Gasteiger partial charge on any atom is 0.133 e. The highest BCUT2D eigenvalue weighted by atomic mass is 32.1. The summed E-state index contributed by atoms with van der Waals surface area (Å²) in [5.74, 6) is 0. The first kappa shape index (κ1) is 23.5. The van der Waals surface area contributed by atoms with Crippen molar-refractivity contribution in [3.05, 3.63) is 97.3 Å². The molecule has 2 nitrogen and oxygen atoms in total. The van der Waals surface area contributed by atoms with E-state index in [1.54, 1.807) is 22.7 Å². The normalized spacial score (nSPS) is 12.0. The first-order chi connectivity index (χ1) is 19.7. The lowest BCUT2D eigenvalue weighted by Gasteiger charge is -1.89. The van der Waals surface area contributed by atoms with E-state index in [1.807, 2.05) is 57.7 Å². The van der Waals surface area contributed by atoms with Gasteiger partial charge in [0, 0.05) is 40.9 Å². The molecule has 9 aromatic rings. The van der Waals surface area contributed by atoms with E-state index in [-0.39, 0.29) is 0 Å². The van der Waals surface area contributed by atoms with Gasteiger partial charge in [-0.3, -0.25) is 0 Å². The molecule has 0 aliphatic rings. The predicted molar refractivity (Wildman–Crippen MR) is 181 cm³/mol. The highest BCUT2D eigenvalue weighted by Crippen LogP contribution is 2.45. The van der Waals surface area contributed by atoms with Gasteiger partial charge in [0.25, 0.3) is 0 Å². The van der Waals surface area contributed by atoms with Gasteiger partial charge in [-0.05, 0) is 70.1 Å². The monoisotopic (exact) mass is 620 g/mol. The van der Waals surface area contributed by atoms with Crippen LogP contribution in [-0.2, 0) is 0 Å². The largest absolute Gasteiger partial charge is 0.243 e. The lowest BCUT2D eigenvalue weighted by molar-refractivity contribution is 1.43. The van der Waals surface area contributed by atoms with Crippen molar-refractivity contribution < 1.29 is 0 Å². The van der Waals surface area contributed by atoms with Crippen molar-refractivity contribution in [2.75, 3.05) is 0 Å². The van der Waals surface area contributed by atoms with Crippen LogP contribution in [0.25, 0.3) is 79.6 Å². The molecule has 0 N–H and O–H groups in total. The molecule has 190 valence electrons. The zero-order valence-electron chi connectivity index (χ0n) is 20.6. The third-order valence-corrected chi connectivity index (χ3v) is 14.1. The maximum atomic E-state index is 4.81. The Kier molecular flexibility index (Phi) is 5.36. The van der Waals surface area contributed by atoms with Gasteiger partial charge in [0.2, 0.25) is 0 Å². The average Bonchev–Trinajstić information content (AvgIpc) is 3.80. The lowest BCUT2D eigenvalue weighted by Crippen LogP contribution is -1.64. The fourth-order valence-corrected chi connectivity index (χ4v) is 11.4. The summed E-state index contributed by atoms with van der Waals surface area (Å²) < 4.78 is 5.25. The first-order valence-electron chi connectivity index (χ1n) is 12.6. The van der Waals surface area contributed by atoms with Crippen LogP contribution < -0.4 is 0 Å². The summed E-state index contributed by atoms with van der Waals surface area (Å²) >= 11 is 10.9. The van der Waals surface area contributed by atoms with Crippen LogP contribution >= 0.6 is 68.0 Å². The highest BCUT2D eigenvalue weighted by molar-refractivity contribution is 7.30. The second kappa shape index (κ2) is 9.14. The highest BCUT2D eigenvalue weighted by Gasteiger charge is 2.15. The Hall–Kier alpha value is -3.24. The Morgan fingerprint density at radius 2 is 0.775 bits per heavy atom. The first-order valence-corrected chi connectivity index (χ1v) is 17.5. The number of hydrogen-bond acceptors (Lipinski definition) is 8. The van der Waals surface area contributed by atoms with Gasteiger partial charge in [-0.2, -0.15) is 0 Å². The third kappa shape index (κ3) is 3.90. The lowest BCUT2D eigenvalue weighted by atomic mass is 10.2. The van der Waals surface area contributed by atoms with E-state index in [4.69, 9.17) is 9.97 Å². The van der Waals surface area contributed by atoms with Crippen molar-refractivity contribution in [3.63, 3.8) is 0 Å². The second-order valence-corrected chi connectivity index (χ2v) is 15.9. The molecule has 8 heteroatoms. The molecule has 0 aliphatic heterocycles. The molecule has 0 spiro atoms. The minimum Gasteiger partial charge on any atom is -0.243 e. The summed E-state index contributed by atoms with van der Waals surface area (Å²) in [4.78, 5) is 17.1. The minimum absolute atomic E-state index is 1.09. The van der Waals surface area contributed by atoms with E-state index in [1.165, 1.54) is 69.6 Å². The van der Waals surface area contributed by atoms with E-state index in [0.717, 1.165) is 10.0 Å². The van der Waals surface area contributed by atoms with Gasteiger partial charge in [-0.1, -0.05) is 36.4 Å². The molecule has 0 saturated carbocycles. The Morgan fingerprint density at radius 1 is 0.350 bits per heavy atom. The number of aromatic nitrogens is 2. The van der Waals surface area contributed by atoms with Crippen LogP contribution in [-0.4, -0.2) is 9.97 Å². The minimum atomic E-state index is 1.09. The van der Waals surface area contributed by atoms with Gasteiger partial charge in [0.15, 0.2) is 0 Å². The van der Waals surface area contributed by atoms with Crippen molar-refractivity contribution in [2.45, 2.75) is 0 Å². The van der Waals surface area contributed by atoms with Crippen molar-refractivity contribution in [2.24, 2.45) is 0 Å². The van der Waals surface area contributed by atoms with Crippen molar-refractivity contribution in [1.82, 2.24) is 9.97 Å². The fourth-order valence-electron chi connectivity index (χ4n) is 4.99. The molecule has 6 heterocycles. The summed E-state index contributed by atoms with van der Waals surface area (Å²) in [5.41, 5.74) is 0. The number of benzene rings is 3. The number of rotatable bonds is 4. The molecule has 0 aliphatic carbocycles. The molecule has 0 atom stereocenters. The molecule has 0 radical (unpaired) electrons. The van der Waals surface area contributed by atoms with Crippen molar-refractivity contribution >= 4 is 108 Å². The molecule has 40 heavy (non-hydrogen) atoms. The molecule has 6 aromatic heterocycles. The van der Waals surface area contributed by atoms with Crippen LogP contribution in [0, 0.1) is 0 Å². The molecular weight excluding hydrogens is 605 g/mol. The maximum absolute atomic E-state index is 4.81. The zero-order valence-corrected chi connectivity index (χ0v) is 25.5. The zero-order chi connectivity index (χ0) is 26.2. The van der Waals surface area contributed by atoms with Crippen molar-refractivity contribution in [3.8, 4) is 39.3 Å². The van der Waals surface area contributed by atoms with Gasteiger partial charge in [-0.15, -0.1) is 68.0 Å². The van der Waals surface area contributed by atoms with E-state index in [9.17, 15) is 0 Å². The van der Waals surface area contributed by atoms with E-state index in [0.29, 0.717) is 0 Å². The van der Waals surface area contributed by atoms with Crippen LogP contribution in [0.1, 0.15) is 0 Å². The summed E-state index contributed by atoms with van der Waals surface area (Å²) in [7, 11) is 0. The Balaban J connectivity index is 1.03. The summed E-state index contributed by atoms with van der Waals surface area (Å²) in [5, 5.41) is 7.35. The summed E-state index contributed by atoms with van der Waals surface area (Å²) in [6, 6.07) is 31.0. The average molecular weight is 621 g/mol. The van der Waals surface area contributed by atoms with Crippen LogP contribution in [0.5, 0.6) is 0 Å². The SMILES string of the molecule is c1ccc2sc(-c3cnc(-c4cc5cc6sc(-c7ncc(-c8cc9ccccc9s8)s7)cc6cc5s4)s3)cc2c1. The Morgan fingerprint density at radius 3 is 1.25 bits per heavy atom. The summed E-state index contributed by atoms with van der Waals surface area (Å²) in [6.45, 7) is 0. The van der Waals surface area contributed by atoms with Gasteiger partial charge in [-0.25, -0.2) is 9.97 Å². The number of hydrogen-bond donors (Lipinski definition) is 0. The topological polar surface area (TPSA) is 25.8 Å². The number of fused-ring (bicyclic) bond motifs is 4. The van der Waals surface area contributed by atoms with Gasteiger partial charge >= 0.3 is 0 Å². The molecule has 0 unspecified atom stereocenters. The molecule has 3 aromatic carbocycles. The van der Waals surface area contributed by atoms with Crippen LogP contribution in [0.2, 0.25) is 0 Å². The number of nitrogens with zero attached hydrogens (tertiary/aromatic N) is 2. The van der Waals surface area contributed by atoms with Crippen LogP contribution in [0.15, 0.2) is 97.3 Å². The third-order valence-electron chi connectivity index (χ3n) is 6.92. The van der Waals surface area contributed by atoms with Crippen molar-refractivity contribution in [1.29, 1.82) is 0 Å². The number of thiazole rings is 2. The molecule has 0 fully saturated rings. The molecule has 9 rings (SSSR count). The molecule has 0 amide bonds. The Labute approximate surface area is 253 Å². The summed E-state index contributed by atoms with van der Waals surface area (Å²) in [6.07, 6.45) is 4.06. The molecule has 0 bridgehead atoms. The standard InChI is InChI=1S/C32H16N2S6/c1-3-7-21-17(5-1)9-25(35-21)29-15-33-31(39-29)27-13-19-11-24-20(12-23(19)37-27)14-28(38-24)32-34-16-30(40-32)26-10-18-6-2-4-8-22(18)36-26/h1-16H. The second-order valence-electron chi connectivity index (χ2n) is 9.51. The number of thiophene rings is 4. The van der Waals surface area contributed by atoms with Gasteiger partial charge < -0.3 is 0 Å². The fraction of sp³-hybridized carbons (Fsp3) is 0. The smallest absolute Gasteiger partial charge is 0.133 e. The Bertz CT molecular complexity index is 2080. The molecule has 0 saturated heterocycles. The van der Waals surface area contributed by atoms with E-state index >= 15 is 0 Å². The quantitative estimate of drug-likeness (QED) is 0.196.